The Labute approximate surface area is 111 Å². The molecule has 0 aliphatic heterocycles. The Hall–Kier alpha value is -1.85. The molecule has 0 bridgehead atoms. The first-order valence-corrected chi connectivity index (χ1v) is 6.56. The van der Waals surface area contributed by atoms with E-state index in [1.165, 1.54) is 0 Å². The molecule has 1 aliphatic carbocycles. The van der Waals surface area contributed by atoms with Crippen LogP contribution < -0.4 is 5.32 Å². The molecule has 1 fully saturated rings. The molecular weight excluding hydrogens is 246 g/mol. The van der Waals surface area contributed by atoms with Crippen molar-refractivity contribution in [2.45, 2.75) is 32.2 Å². The lowest BCUT2D eigenvalue weighted by Gasteiger charge is -2.27. The lowest BCUT2D eigenvalue weighted by Crippen LogP contribution is -2.39. The molecule has 0 unspecified atom stereocenters. The van der Waals surface area contributed by atoms with E-state index in [0.29, 0.717) is 19.4 Å². The third kappa shape index (κ3) is 3.13. The SMILES string of the molecule is Cn1ccnc1CNC(=O)[C@@H]1CCCC[C@@H]1C(=O)O. The Bertz CT molecular complexity index is 469. The molecule has 0 radical (unpaired) electrons. The van der Waals surface area contributed by atoms with Gasteiger partial charge in [0.25, 0.3) is 0 Å². The molecule has 6 heteroatoms. The predicted octanol–water partition coefficient (Wildman–Crippen LogP) is 0.927. The smallest absolute Gasteiger partial charge is 0.307 e. The monoisotopic (exact) mass is 265 g/mol. The van der Waals surface area contributed by atoms with E-state index < -0.39 is 17.8 Å². The van der Waals surface area contributed by atoms with Crippen molar-refractivity contribution in [3.63, 3.8) is 0 Å². The number of carboxylic acids is 1. The summed E-state index contributed by atoms with van der Waals surface area (Å²) in [5, 5.41) is 12.0. The molecular formula is C13H19N3O3. The number of imidazole rings is 1. The van der Waals surface area contributed by atoms with Gasteiger partial charge >= 0.3 is 5.97 Å². The number of aromatic nitrogens is 2. The standard InChI is InChI=1S/C13H19N3O3/c1-16-7-6-14-11(16)8-15-12(17)9-4-2-3-5-10(9)13(18)19/h6-7,9-10H,2-5,8H2,1H3,(H,15,17)(H,18,19)/t9-,10+/m1/s1. The zero-order valence-electron chi connectivity index (χ0n) is 11.0. The number of amides is 1. The quantitative estimate of drug-likeness (QED) is 0.848. The molecule has 1 heterocycles. The van der Waals surface area contributed by atoms with Gasteiger partial charge in [0, 0.05) is 19.4 Å². The van der Waals surface area contributed by atoms with Crippen molar-refractivity contribution >= 4 is 11.9 Å². The summed E-state index contributed by atoms with van der Waals surface area (Å²) in [5.74, 6) is -1.23. The summed E-state index contributed by atoms with van der Waals surface area (Å²) in [6, 6.07) is 0. The van der Waals surface area contributed by atoms with Gasteiger partial charge in [-0.2, -0.15) is 0 Å². The summed E-state index contributed by atoms with van der Waals surface area (Å²) in [6.07, 6.45) is 6.54. The van der Waals surface area contributed by atoms with Crippen LogP contribution in [0, 0.1) is 11.8 Å². The number of rotatable bonds is 4. The van der Waals surface area contributed by atoms with Crippen LogP contribution in [0.2, 0.25) is 0 Å². The van der Waals surface area contributed by atoms with Crippen LogP contribution in [0.1, 0.15) is 31.5 Å². The van der Waals surface area contributed by atoms with E-state index in [9.17, 15) is 9.59 Å². The van der Waals surface area contributed by atoms with Crippen LogP contribution in [0.25, 0.3) is 0 Å². The Morgan fingerprint density at radius 3 is 2.68 bits per heavy atom. The predicted molar refractivity (Wildman–Crippen MR) is 68.1 cm³/mol. The van der Waals surface area contributed by atoms with Crippen LogP contribution in [0.3, 0.4) is 0 Å². The summed E-state index contributed by atoms with van der Waals surface area (Å²) < 4.78 is 1.83. The van der Waals surface area contributed by atoms with Gasteiger partial charge in [-0.3, -0.25) is 9.59 Å². The lowest BCUT2D eigenvalue weighted by atomic mass is 9.79. The first kappa shape index (κ1) is 13.6. The van der Waals surface area contributed by atoms with Gasteiger partial charge in [0.05, 0.1) is 18.4 Å². The van der Waals surface area contributed by atoms with E-state index >= 15 is 0 Å². The van der Waals surface area contributed by atoms with E-state index in [4.69, 9.17) is 5.11 Å². The number of carboxylic acid groups (broad SMARTS) is 1. The van der Waals surface area contributed by atoms with Gasteiger partial charge in [-0.25, -0.2) is 4.98 Å². The van der Waals surface area contributed by atoms with Crippen LogP contribution in [-0.4, -0.2) is 26.5 Å². The molecule has 1 aliphatic rings. The summed E-state index contributed by atoms with van der Waals surface area (Å²) in [4.78, 5) is 27.4. The number of nitrogens with one attached hydrogen (secondary N) is 1. The average molecular weight is 265 g/mol. The van der Waals surface area contributed by atoms with Crippen LogP contribution in [0.15, 0.2) is 12.4 Å². The van der Waals surface area contributed by atoms with Gasteiger partial charge in [0.15, 0.2) is 0 Å². The van der Waals surface area contributed by atoms with Crippen molar-refractivity contribution in [2.24, 2.45) is 18.9 Å². The molecule has 1 saturated carbocycles. The maximum Gasteiger partial charge on any atom is 0.307 e. The van der Waals surface area contributed by atoms with E-state index in [1.807, 2.05) is 17.8 Å². The topological polar surface area (TPSA) is 84.2 Å². The Morgan fingerprint density at radius 2 is 2.11 bits per heavy atom. The van der Waals surface area contributed by atoms with E-state index in [0.717, 1.165) is 18.7 Å². The van der Waals surface area contributed by atoms with Crippen LogP contribution >= 0.6 is 0 Å². The first-order valence-electron chi connectivity index (χ1n) is 6.56. The average Bonchev–Trinajstić information content (AvgIpc) is 2.81. The second-order valence-corrected chi connectivity index (χ2v) is 5.01. The second-order valence-electron chi connectivity index (χ2n) is 5.01. The number of carbonyl (C=O) groups excluding carboxylic acids is 1. The molecule has 104 valence electrons. The summed E-state index contributed by atoms with van der Waals surface area (Å²) in [5.41, 5.74) is 0. The lowest BCUT2D eigenvalue weighted by molar-refractivity contribution is -0.148. The molecule has 0 saturated heterocycles. The highest BCUT2D eigenvalue weighted by atomic mass is 16.4. The van der Waals surface area contributed by atoms with Crippen molar-refractivity contribution in [3.8, 4) is 0 Å². The number of hydrogen-bond donors (Lipinski definition) is 2. The van der Waals surface area contributed by atoms with E-state index in [-0.39, 0.29) is 5.91 Å². The molecule has 2 atom stereocenters. The number of nitrogens with zero attached hydrogens (tertiary/aromatic N) is 2. The Balaban J connectivity index is 1.94. The van der Waals surface area contributed by atoms with Gasteiger partial charge in [0.1, 0.15) is 5.82 Å². The molecule has 2 rings (SSSR count). The summed E-state index contributed by atoms with van der Waals surface area (Å²) in [7, 11) is 1.86. The Kier molecular flexibility index (Phi) is 4.19. The van der Waals surface area contributed by atoms with Crippen molar-refractivity contribution in [2.75, 3.05) is 0 Å². The molecule has 0 spiro atoms. The summed E-state index contributed by atoms with van der Waals surface area (Å²) in [6.45, 7) is 0.338. The third-order valence-corrected chi connectivity index (χ3v) is 3.76. The van der Waals surface area contributed by atoms with Gasteiger partial charge < -0.3 is 15.0 Å². The molecule has 19 heavy (non-hydrogen) atoms. The molecule has 1 aromatic heterocycles. The number of carbonyl (C=O) groups is 2. The maximum absolute atomic E-state index is 12.1. The zero-order chi connectivity index (χ0) is 13.8. The minimum atomic E-state index is -0.864. The fourth-order valence-corrected chi connectivity index (χ4v) is 2.60. The molecule has 1 aromatic rings. The van der Waals surface area contributed by atoms with Crippen molar-refractivity contribution in [3.05, 3.63) is 18.2 Å². The normalized spacial score (nSPS) is 23.0. The molecule has 0 aromatic carbocycles. The molecule has 2 N–H and O–H groups in total. The van der Waals surface area contributed by atoms with Gasteiger partial charge in [-0.15, -0.1) is 0 Å². The van der Waals surface area contributed by atoms with E-state index in [1.54, 1.807) is 6.20 Å². The largest absolute Gasteiger partial charge is 0.481 e. The summed E-state index contributed by atoms with van der Waals surface area (Å²) >= 11 is 0. The fourth-order valence-electron chi connectivity index (χ4n) is 2.60. The minimum Gasteiger partial charge on any atom is -0.481 e. The van der Waals surface area contributed by atoms with Crippen molar-refractivity contribution in [1.29, 1.82) is 0 Å². The van der Waals surface area contributed by atoms with E-state index in [2.05, 4.69) is 10.3 Å². The van der Waals surface area contributed by atoms with Crippen LogP contribution in [-0.2, 0) is 23.2 Å². The maximum atomic E-state index is 12.1. The second kappa shape index (κ2) is 5.86. The first-order chi connectivity index (χ1) is 9.09. The van der Waals surface area contributed by atoms with Crippen molar-refractivity contribution < 1.29 is 14.7 Å². The highest BCUT2D eigenvalue weighted by Gasteiger charge is 2.35. The van der Waals surface area contributed by atoms with Crippen LogP contribution in [0.4, 0.5) is 0 Å². The number of aryl methyl sites for hydroxylation is 1. The molecule has 1 amide bonds. The van der Waals surface area contributed by atoms with Crippen molar-refractivity contribution in [1.82, 2.24) is 14.9 Å². The van der Waals surface area contributed by atoms with Gasteiger partial charge in [0.2, 0.25) is 5.91 Å². The third-order valence-electron chi connectivity index (χ3n) is 3.76. The van der Waals surface area contributed by atoms with Crippen LogP contribution in [0.5, 0.6) is 0 Å². The highest BCUT2D eigenvalue weighted by molar-refractivity contribution is 5.84. The van der Waals surface area contributed by atoms with Gasteiger partial charge in [-0.1, -0.05) is 12.8 Å². The number of aliphatic carboxylic acids is 1. The van der Waals surface area contributed by atoms with Gasteiger partial charge in [-0.05, 0) is 12.8 Å². The fraction of sp³-hybridized carbons (Fsp3) is 0.615. The highest BCUT2D eigenvalue weighted by Crippen LogP contribution is 2.30. The Morgan fingerprint density at radius 1 is 1.42 bits per heavy atom. The zero-order valence-corrected chi connectivity index (χ0v) is 11.0. The minimum absolute atomic E-state index is 0.171. The number of hydrogen-bond acceptors (Lipinski definition) is 3. The molecule has 6 nitrogen and oxygen atoms in total.